The number of furan rings is 1. The monoisotopic (exact) mass is 339 g/mol. The Hall–Kier alpha value is -1.99. The third-order valence-corrected chi connectivity index (χ3v) is 5.17. The molecule has 23 heavy (non-hydrogen) atoms. The maximum Gasteiger partial charge on any atom is 0.241 e. The van der Waals surface area contributed by atoms with Crippen molar-refractivity contribution < 1.29 is 22.3 Å². The van der Waals surface area contributed by atoms with Gasteiger partial charge in [-0.05, 0) is 44.5 Å². The van der Waals surface area contributed by atoms with Gasteiger partial charge in [0.15, 0.2) is 11.5 Å². The molecule has 0 fully saturated rings. The number of ether oxygens (including phenoxy) is 2. The van der Waals surface area contributed by atoms with Gasteiger partial charge in [0.1, 0.15) is 11.5 Å². The molecule has 1 aromatic heterocycles. The summed E-state index contributed by atoms with van der Waals surface area (Å²) in [5.74, 6) is 2.14. The average molecular weight is 339 g/mol. The van der Waals surface area contributed by atoms with E-state index in [-0.39, 0.29) is 4.90 Å². The van der Waals surface area contributed by atoms with Crippen LogP contribution in [0.4, 0.5) is 0 Å². The third kappa shape index (κ3) is 3.68. The number of hydrogen-bond donors (Lipinski definition) is 1. The molecule has 0 saturated carbocycles. The van der Waals surface area contributed by atoms with E-state index >= 15 is 0 Å². The zero-order valence-corrected chi connectivity index (χ0v) is 14.7. The minimum atomic E-state index is -3.73. The molecule has 0 aliphatic rings. The normalized spacial score (nSPS) is 12.9. The zero-order valence-electron chi connectivity index (χ0n) is 13.8. The predicted octanol–water partition coefficient (Wildman–Crippen LogP) is 2.95. The Morgan fingerprint density at radius 3 is 2.22 bits per heavy atom. The lowest BCUT2D eigenvalue weighted by Crippen LogP contribution is -2.27. The van der Waals surface area contributed by atoms with Crippen molar-refractivity contribution in [2.24, 2.45) is 0 Å². The fourth-order valence-corrected chi connectivity index (χ4v) is 3.75. The molecule has 0 spiro atoms. The van der Waals surface area contributed by atoms with Crippen LogP contribution in [-0.2, 0) is 10.0 Å². The summed E-state index contributed by atoms with van der Waals surface area (Å²) in [5, 5.41) is 0. The Bertz CT molecular complexity index is 795. The molecule has 0 amide bonds. The van der Waals surface area contributed by atoms with E-state index < -0.39 is 16.1 Å². The van der Waals surface area contributed by atoms with Gasteiger partial charge < -0.3 is 13.9 Å². The molecule has 0 aliphatic carbocycles. The van der Waals surface area contributed by atoms with E-state index in [2.05, 4.69) is 4.72 Å². The second kappa shape index (κ2) is 6.64. The lowest BCUT2D eigenvalue weighted by molar-refractivity contribution is 0.353. The summed E-state index contributed by atoms with van der Waals surface area (Å²) in [7, 11) is -0.764. The molecule has 6 nitrogen and oxygen atoms in total. The highest BCUT2D eigenvalue weighted by atomic mass is 32.2. The molecule has 1 unspecified atom stereocenters. The summed E-state index contributed by atoms with van der Waals surface area (Å²) in [6, 6.07) is 6.15. The lowest BCUT2D eigenvalue weighted by atomic mass is 10.2. The highest BCUT2D eigenvalue weighted by Crippen LogP contribution is 2.32. The molecule has 0 saturated heterocycles. The Balaban J connectivity index is 2.36. The van der Waals surface area contributed by atoms with Gasteiger partial charge in [0, 0.05) is 6.07 Å². The average Bonchev–Trinajstić information content (AvgIpc) is 2.92. The van der Waals surface area contributed by atoms with Gasteiger partial charge in [-0.25, -0.2) is 13.1 Å². The Kier molecular flexibility index (Phi) is 5.01. The van der Waals surface area contributed by atoms with Crippen LogP contribution in [0.1, 0.15) is 30.0 Å². The van der Waals surface area contributed by atoms with Gasteiger partial charge in [-0.2, -0.15) is 0 Å². The van der Waals surface area contributed by atoms with Crippen molar-refractivity contribution in [3.63, 3.8) is 0 Å². The molecular weight excluding hydrogens is 318 g/mol. The Morgan fingerprint density at radius 2 is 1.70 bits per heavy atom. The molecule has 7 heteroatoms. The van der Waals surface area contributed by atoms with Crippen molar-refractivity contribution in [1.29, 1.82) is 0 Å². The Morgan fingerprint density at radius 1 is 1.09 bits per heavy atom. The first-order chi connectivity index (χ1) is 10.8. The van der Waals surface area contributed by atoms with Gasteiger partial charge in [-0.3, -0.25) is 0 Å². The molecule has 0 aliphatic heterocycles. The van der Waals surface area contributed by atoms with Gasteiger partial charge in [-0.15, -0.1) is 0 Å². The van der Waals surface area contributed by atoms with Crippen molar-refractivity contribution in [3.05, 3.63) is 41.3 Å². The number of aryl methyl sites for hydroxylation is 2. The molecule has 1 atom stereocenters. The van der Waals surface area contributed by atoms with Crippen LogP contribution in [0.5, 0.6) is 11.5 Å². The predicted molar refractivity (Wildman–Crippen MR) is 86.5 cm³/mol. The Labute approximate surface area is 136 Å². The molecule has 126 valence electrons. The van der Waals surface area contributed by atoms with Crippen LogP contribution in [0, 0.1) is 13.8 Å². The van der Waals surface area contributed by atoms with E-state index in [0.29, 0.717) is 22.8 Å². The summed E-state index contributed by atoms with van der Waals surface area (Å²) in [5.41, 5.74) is 0.568. The number of methoxy groups -OCH3 is 2. The molecule has 2 rings (SSSR count). The van der Waals surface area contributed by atoms with Crippen LogP contribution in [0.2, 0.25) is 0 Å². The van der Waals surface area contributed by atoms with Crippen LogP contribution in [-0.4, -0.2) is 22.6 Å². The quantitative estimate of drug-likeness (QED) is 0.875. The summed E-state index contributed by atoms with van der Waals surface area (Å²) >= 11 is 0. The largest absolute Gasteiger partial charge is 0.493 e. The van der Waals surface area contributed by atoms with Crippen LogP contribution < -0.4 is 14.2 Å². The maximum atomic E-state index is 12.7. The molecule has 2 aromatic rings. The minimum Gasteiger partial charge on any atom is -0.493 e. The fourth-order valence-electron chi connectivity index (χ4n) is 2.29. The first-order valence-electron chi connectivity index (χ1n) is 7.09. The number of sulfonamides is 1. The SMILES string of the molecule is COc1cc(C)c(S(=O)(=O)NC(C)c2ccc(C)o2)cc1OC. The molecule has 1 N–H and O–H groups in total. The second-order valence-electron chi connectivity index (χ2n) is 5.26. The van der Waals surface area contributed by atoms with Crippen molar-refractivity contribution >= 4 is 10.0 Å². The van der Waals surface area contributed by atoms with E-state index in [0.717, 1.165) is 5.76 Å². The third-order valence-electron chi connectivity index (χ3n) is 3.49. The number of hydrogen-bond acceptors (Lipinski definition) is 5. The number of nitrogens with one attached hydrogen (secondary N) is 1. The van der Waals surface area contributed by atoms with Gasteiger partial charge in [0.25, 0.3) is 0 Å². The molecule has 1 heterocycles. The topological polar surface area (TPSA) is 77.8 Å². The van der Waals surface area contributed by atoms with Crippen molar-refractivity contribution in [3.8, 4) is 11.5 Å². The second-order valence-corrected chi connectivity index (χ2v) is 6.95. The van der Waals surface area contributed by atoms with E-state index in [9.17, 15) is 8.42 Å². The van der Waals surface area contributed by atoms with Crippen molar-refractivity contribution in [1.82, 2.24) is 4.72 Å². The molecule has 0 bridgehead atoms. The molecule has 1 aromatic carbocycles. The summed E-state index contributed by atoms with van der Waals surface area (Å²) in [4.78, 5) is 0.144. The van der Waals surface area contributed by atoms with Crippen molar-refractivity contribution in [2.45, 2.75) is 31.7 Å². The van der Waals surface area contributed by atoms with E-state index in [1.165, 1.54) is 20.3 Å². The molecule has 0 radical (unpaired) electrons. The number of rotatable bonds is 6. The molecular formula is C16H21NO5S. The first kappa shape index (κ1) is 17.4. The van der Waals surface area contributed by atoms with E-state index in [4.69, 9.17) is 13.9 Å². The van der Waals surface area contributed by atoms with Gasteiger partial charge in [-0.1, -0.05) is 0 Å². The van der Waals surface area contributed by atoms with Crippen LogP contribution in [0.25, 0.3) is 0 Å². The van der Waals surface area contributed by atoms with Crippen LogP contribution in [0.15, 0.2) is 33.6 Å². The minimum absolute atomic E-state index is 0.144. The lowest BCUT2D eigenvalue weighted by Gasteiger charge is -2.16. The summed E-state index contributed by atoms with van der Waals surface area (Å²) in [6.45, 7) is 5.24. The van der Waals surface area contributed by atoms with Crippen LogP contribution in [0.3, 0.4) is 0 Å². The highest BCUT2D eigenvalue weighted by molar-refractivity contribution is 7.89. The smallest absolute Gasteiger partial charge is 0.241 e. The van der Waals surface area contributed by atoms with E-state index in [1.807, 2.05) is 6.92 Å². The summed E-state index contributed by atoms with van der Waals surface area (Å²) in [6.07, 6.45) is 0. The highest BCUT2D eigenvalue weighted by Gasteiger charge is 2.24. The van der Waals surface area contributed by atoms with Gasteiger partial charge in [0.05, 0.1) is 25.2 Å². The van der Waals surface area contributed by atoms with E-state index in [1.54, 1.807) is 32.0 Å². The first-order valence-corrected chi connectivity index (χ1v) is 8.58. The van der Waals surface area contributed by atoms with Gasteiger partial charge >= 0.3 is 0 Å². The summed E-state index contributed by atoms with van der Waals surface area (Å²) < 4.78 is 43.8. The van der Waals surface area contributed by atoms with Crippen molar-refractivity contribution in [2.75, 3.05) is 14.2 Å². The standard InChI is InChI=1S/C16H21NO5S/c1-10-8-14(20-4)15(21-5)9-16(10)23(18,19)17-12(3)13-7-6-11(2)22-13/h6-9,12,17H,1-5H3. The zero-order chi connectivity index (χ0) is 17.2. The van der Waals surface area contributed by atoms with Crippen LogP contribution >= 0.6 is 0 Å². The maximum absolute atomic E-state index is 12.7. The number of benzene rings is 1. The van der Waals surface area contributed by atoms with Gasteiger partial charge in [0.2, 0.25) is 10.0 Å². The fraction of sp³-hybridized carbons (Fsp3) is 0.375.